The van der Waals surface area contributed by atoms with Crippen LogP contribution in [-0.4, -0.2) is 59.7 Å². The molecule has 1 aromatic heterocycles. The zero-order chi connectivity index (χ0) is 16.6. The molecular formula is C16H19N3O4. The van der Waals surface area contributed by atoms with Gasteiger partial charge in [-0.15, -0.1) is 0 Å². The van der Waals surface area contributed by atoms with Gasteiger partial charge in [0.15, 0.2) is 0 Å². The molecule has 3 N–H and O–H groups in total. The predicted molar refractivity (Wildman–Crippen MR) is 84.9 cm³/mol. The highest BCUT2D eigenvalue weighted by Gasteiger charge is 2.29. The number of carboxylic acids is 1. The van der Waals surface area contributed by atoms with Crippen molar-refractivity contribution in [2.24, 2.45) is 0 Å². The van der Waals surface area contributed by atoms with Gasteiger partial charge < -0.3 is 25.0 Å². The second-order valence-corrected chi connectivity index (χ2v) is 5.63. The van der Waals surface area contributed by atoms with E-state index in [1.54, 1.807) is 12.0 Å². The number of hydrogen-bond donors (Lipinski definition) is 3. The number of H-pyrrole nitrogens is 1. The Morgan fingerprint density at radius 3 is 2.87 bits per heavy atom. The van der Waals surface area contributed by atoms with Gasteiger partial charge in [-0.25, -0.2) is 0 Å². The molecule has 0 unspecified atom stereocenters. The minimum atomic E-state index is -0.944. The van der Waals surface area contributed by atoms with E-state index in [2.05, 4.69) is 10.3 Å². The molecule has 1 aromatic carbocycles. The largest absolute Gasteiger partial charge is 0.497 e. The molecule has 0 bridgehead atoms. The zero-order valence-corrected chi connectivity index (χ0v) is 13.0. The van der Waals surface area contributed by atoms with Crippen molar-refractivity contribution in [3.8, 4) is 5.75 Å². The molecule has 0 aliphatic carbocycles. The number of rotatable bonds is 3. The minimum Gasteiger partial charge on any atom is -0.497 e. The van der Waals surface area contributed by atoms with Crippen LogP contribution in [-0.2, 0) is 4.79 Å². The number of fused-ring (bicyclic) bond motifs is 1. The number of nitrogens with zero attached hydrogens (tertiary/aromatic N) is 1. The summed E-state index contributed by atoms with van der Waals surface area (Å²) in [4.78, 5) is 28.6. The summed E-state index contributed by atoms with van der Waals surface area (Å²) in [5, 5.41) is 12.9. The number of carbonyl (C=O) groups is 2. The average Bonchev–Trinajstić information content (AvgIpc) is 2.90. The van der Waals surface area contributed by atoms with E-state index in [0.29, 0.717) is 18.8 Å². The molecule has 1 aliphatic heterocycles. The number of carboxylic acid groups (broad SMARTS) is 1. The van der Waals surface area contributed by atoms with E-state index in [9.17, 15) is 9.59 Å². The monoisotopic (exact) mass is 317 g/mol. The fourth-order valence-corrected chi connectivity index (χ4v) is 2.90. The molecule has 3 rings (SSSR count). The summed E-state index contributed by atoms with van der Waals surface area (Å²) < 4.78 is 5.22. The van der Waals surface area contributed by atoms with Gasteiger partial charge in [0.05, 0.1) is 7.11 Å². The Kier molecular flexibility index (Phi) is 3.96. The van der Waals surface area contributed by atoms with Crippen molar-refractivity contribution in [3.63, 3.8) is 0 Å². The molecule has 1 amide bonds. The summed E-state index contributed by atoms with van der Waals surface area (Å²) in [6.45, 7) is 2.99. The molecule has 7 heteroatoms. The number of nitrogens with one attached hydrogen (secondary N) is 2. The van der Waals surface area contributed by atoms with E-state index >= 15 is 0 Å². The predicted octanol–water partition coefficient (Wildman–Crippen LogP) is 0.984. The van der Waals surface area contributed by atoms with Gasteiger partial charge in [0, 0.05) is 30.5 Å². The van der Waals surface area contributed by atoms with E-state index in [4.69, 9.17) is 9.84 Å². The summed E-state index contributed by atoms with van der Waals surface area (Å²) in [5.74, 6) is -0.391. The molecule has 1 aliphatic rings. The first kappa shape index (κ1) is 15.4. The van der Waals surface area contributed by atoms with Crippen molar-refractivity contribution < 1.29 is 19.4 Å². The highest BCUT2D eigenvalue weighted by atomic mass is 16.5. The summed E-state index contributed by atoms with van der Waals surface area (Å²) in [7, 11) is 1.60. The Labute approximate surface area is 133 Å². The van der Waals surface area contributed by atoms with Gasteiger partial charge in [-0.1, -0.05) is 0 Å². The second-order valence-electron chi connectivity index (χ2n) is 5.63. The van der Waals surface area contributed by atoms with Gasteiger partial charge in [0.2, 0.25) is 0 Å². The lowest BCUT2D eigenvalue weighted by Gasteiger charge is -2.31. The number of aryl methyl sites for hydroxylation is 1. The first-order valence-electron chi connectivity index (χ1n) is 7.43. The van der Waals surface area contributed by atoms with Gasteiger partial charge in [0.25, 0.3) is 5.91 Å². The lowest BCUT2D eigenvalue weighted by molar-refractivity contribution is -0.140. The van der Waals surface area contributed by atoms with Crippen LogP contribution in [0.3, 0.4) is 0 Å². The van der Waals surface area contributed by atoms with Crippen LogP contribution in [0.25, 0.3) is 10.9 Å². The molecule has 0 radical (unpaired) electrons. The van der Waals surface area contributed by atoms with Gasteiger partial charge in [-0.2, -0.15) is 0 Å². The fraction of sp³-hybridized carbons (Fsp3) is 0.375. The summed E-state index contributed by atoms with van der Waals surface area (Å²) in [5.41, 5.74) is 2.20. The normalized spacial score (nSPS) is 18.2. The molecule has 23 heavy (non-hydrogen) atoms. The highest BCUT2D eigenvalue weighted by molar-refractivity contribution is 6.01. The third-order valence-corrected chi connectivity index (χ3v) is 4.24. The van der Waals surface area contributed by atoms with Gasteiger partial charge in [-0.05, 0) is 30.7 Å². The van der Waals surface area contributed by atoms with Crippen LogP contribution in [0.5, 0.6) is 5.75 Å². The van der Waals surface area contributed by atoms with Gasteiger partial charge >= 0.3 is 5.97 Å². The lowest BCUT2D eigenvalue weighted by atomic mass is 10.1. The van der Waals surface area contributed by atoms with Crippen LogP contribution in [0.2, 0.25) is 0 Å². The van der Waals surface area contributed by atoms with Gasteiger partial charge in [-0.3, -0.25) is 9.59 Å². The Balaban J connectivity index is 1.91. The molecule has 2 heterocycles. The molecular weight excluding hydrogens is 298 g/mol. The summed E-state index contributed by atoms with van der Waals surface area (Å²) in [6.07, 6.45) is 0. The van der Waals surface area contributed by atoms with E-state index in [-0.39, 0.29) is 12.5 Å². The average molecular weight is 317 g/mol. The number of hydrogen-bond acceptors (Lipinski definition) is 4. The molecule has 2 aromatic rings. The zero-order valence-electron chi connectivity index (χ0n) is 13.0. The Morgan fingerprint density at radius 1 is 1.39 bits per heavy atom. The molecule has 0 spiro atoms. The first-order chi connectivity index (χ1) is 11.0. The Morgan fingerprint density at radius 2 is 2.17 bits per heavy atom. The third-order valence-electron chi connectivity index (χ3n) is 4.24. The maximum absolute atomic E-state index is 12.8. The van der Waals surface area contributed by atoms with Crippen LogP contribution in [0.1, 0.15) is 16.1 Å². The number of methoxy groups -OCH3 is 1. The topological polar surface area (TPSA) is 94.7 Å². The molecule has 122 valence electrons. The lowest BCUT2D eigenvalue weighted by Crippen LogP contribution is -2.55. The van der Waals surface area contributed by atoms with Crippen LogP contribution >= 0.6 is 0 Å². The van der Waals surface area contributed by atoms with Crippen LogP contribution in [0.15, 0.2) is 18.2 Å². The maximum Gasteiger partial charge on any atom is 0.322 e. The number of ether oxygens (including phenoxy) is 1. The maximum atomic E-state index is 12.8. The quantitative estimate of drug-likeness (QED) is 0.784. The van der Waals surface area contributed by atoms with Crippen molar-refractivity contribution in [1.82, 2.24) is 15.2 Å². The molecule has 1 atom stereocenters. The number of amides is 1. The molecule has 0 saturated carbocycles. The van der Waals surface area contributed by atoms with Gasteiger partial charge in [0.1, 0.15) is 17.5 Å². The van der Waals surface area contributed by atoms with Crippen molar-refractivity contribution >= 4 is 22.8 Å². The molecule has 1 saturated heterocycles. The number of carbonyl (C=O) groups excluding carboxylic acids is 1. The number of benzene rings is 1. The SMILES string of the molecule is COc1ccc2[nH]c(C(=O)N3CCN[C@@H](C(=O)O)C3)c(C)c2c1. The van der Waals surface area contributed by atoms with E-state index in [0.717, 1.165) is 22.2 Å². The Bertz CT molecular complexity index is 768. The molecule has 1 fully saturated rings. The number of piperazine rings is 1. The van der Waals surface area contributed by atoms with Crippen molar-refractivity contribution in [2.75, 3.05) is 26.7 Å². The van der Waals surface area contributed by atoms with E-state index in [1.165, 1.54) is 0 Å². The van der Waals surface area contributed by atoms with Crippen molar-refractivity contribution in [2.45, 2.75) is 13.0 Å². The van der Waals surface area contributed by atoms with E-state index in [1.807, 2.05) is 25.1 Å². The number of aromatic nitrogens is 1. The van der Waals surface area contributed by atoms with Crippen LogP contribution in [0.4, 0.5) is 0 Å². The minimum absolute atomic E-state index is 0.159. The van der Waals surface area contributed by atoms with Crippen LogP contribution < -0.4 is 10.1 Å². The standard InChI is InChI=1S/C16H19N3O4/c1-9-11-7-10(23-2)3-4-12(11)18-14(9)15(20)19-6-5-17-13(8-19)16(21)22/h3-4,7,13,17-18H,5-6,8H2,1-2H3,(H,21,22)/t13-/m1/s1. The van der Waals surface area contributed by atoms with Crippen molar-refractivity contribution in [1.29, 1.82) is 0 Å². The number of aromatic amines is 1. The molecule has 7 nitrogen and oxygen atoms in total. The Hall–Kier alpha value is -2.54. The van der Waals surface area contributed by atoms with Crippen molar-refractivity contribution in [3.05, 3.63) is 29.5 Å². The second kappa shape index (κ2) is 5.92. The summed E-state index contributed by atoms with van der Waals surface area (Å²) >= 11 is 0. The fourth-order valence-electron chi connectivity index (χ4n) is 2.90. The highest BCUT2D eigenvalue weighted by Crippen LogP contribution is 2.26. The first-order valence-corrected chi connectivity index (χ1v) is 7.43. The van der Waals surface area contributed by atoms with Crippen LogP contribution in [0, 0.1) is 6.92 Å². The smallest absolute Gasteiger partial charge is 0.322 e. The summed E-state index contributed by atoms with van der Waals surface area (Å²) in [6, 6.07) is 4.86. The van der Waals surface area contributed by atoms with E-state index < -0.39 is 12.0 Å². The third kappa shape index (κ3) is 2.75. The number of aliphatic carboxylic acids is 1.